The van der Waals surface area contributed by atoms with Gasteiger partial charge in [0.15, 0.2) is 0 Å². The van der Waals surface area contributed by atoms with E-state index in [-0.39, 0.29) is 22.8 Å². The van der Waals surface area contributed by atoms with E-state index in [9.17, 15) is 8.42 Å². The van der Waals surface area contributed by atoms with Crippen LogP contribution in [0.25, 0.3) is 0 Å². The summed E-state index contributed by atoms with van der Waals surface area (Å²) in [6, 6.07) is 6.10. The van der Waals surface area contributed by atoms with Crippen molar-refractivity contribution < 1.29 is 22.1 Å². The Morgan fingerprint density at radius 2 is 1.75 bits per heavy atom. The summed E-state index contributed by atoms with van der Waals surface area (Å²) < 4.78 is 40.6. The molecule has 1 aliphatic rings. The van der Waals surface area contributed by atoms with E-state index < -0.39 is 16.3 Å². The maximum atomic E-state index is 12.5. The Labute approximate surface area is 142 Å². The van der Waals surface area contributed by atoms with Crippen LogP contribution in [0.4, 0.5) is 0 Å². The molecule has 0 saturated heterocycles. The van der Waals surface area contributed by atoms with Gasteiger partial charge in [0, 0.05) is 0 Å². The molecule has 0 radical (unpaired) electrons. The summed E-state index contributed by atoms with van der Waals surface area (Å²) in [4.78, 5) is 8.66. The number of aliphatic imine (C=N–C) groups is 2. The Morgan fingerprint density at radius 1 is 1.08 bits per heavy atom. The van der Waals surface area contributed by atoms with Gasteiger partial charge in [0.1, 0.15) is 6.04 Å². The number of rotatable bonds is 4. The molecule has 1 heterocycles. The summed E-state index contributed by atoms with van der Waals surface area (Å²) in [5, 5.41) is 0. The number of ether oxygens (including phenoxy) is 2. The first-order valence-corrected chi connectivity index (χ1v) is 8.92. The van der Waals surface area contributed by atoms with Crippen molar-refractivity contribution in [3.8, 4) is 0 Å². The van der Waals surface area contributed by atoms with Gasteiger partial charge >= 0.3 is 0 Å². The van der Waals surface area contributed by atoms with Crippen LogP contribution >= 0.6 is 0 Å². The van der Waals surface area contributed by atoms with E-state index in [2.05, 4.69) is 9.98 Å². The van der Waals surface area contributed by atoms with E-state index in [0.717, 1.165) is 5.56 Å². The molecule has 7 nitrogen and oxygen atoms in total. The first-order valence-electron chi connectivity index (χ1n) is 7.51. The minimum absolute atomic E-state index is 0.0538. The molecule has 1 aromatic carbocycles. The molecule has 2 atom stereocenters. The Balaban J connectivity index is 2.33. The zero-order valence-corrected chi connectivity index (χ0v) is 15.2. The van der Waals surface area contributed by atoms with Crippen molar-refractivity contribution in [1.29, 1.82) is 0 Å². The third kappa shape index (κ3) is 3.93. The molecule has 0 aromatic heterocycles. The Kier molecular flexibility index (Phi) is 5.61. The molecular formula is C16H22N2O5S. The van der Waals surface area contributed by atoms with E-state index in [4.69, 9.17) is 13.7 Å². The lowest BCUT2D eigenvalue weighted by Gasteiger charge is -2.26. The molecule has 0 saturated carbocycles. The second-order valence-corrected chi connectivity index (χ2v) is 7.32. The monoisotopic (exact) mass is 354 g/mol. The van der Waals surface area contributed by atoms with Crippen LogP contribution in [0.5, 0.6) is 0 Å². The normalized spacial score (nSPS) is 21.2. The molecule has 0 aliphatic carbocycles. The van der Waals surface area contributed by atoms with Gasteiger partial charge in [-0.15, -0.1) is 0 Å². The summed E-state index contributed by atoms with van der Waals surface area (Å²) in [6.45, 7) is 5.72. The van der Waals surface area contributed by atoms with E-state index in [1.54, 1.807) is 19.1 Å². The maximum absolute atomic E-state index is 12.5. The zero-order chi connectivity index (χ0) is 17.9. The summed E-state index contributed by atoms with van der Waals surface area (Å²) in [6.07, 6.45) is -1.20. The van der Waals surface area contributed by atoms with Gasteiger partial charge in [-0.3, -0.25) is 0 Å². The topological polar surface area (TPSA) is 86.5 Å². The predicted octanol–water partition coefficient (Wildman–Crippen LogP) is 2.15. The molecule has 0 N–H and O–H groups in total. The molecule has 0 unspecified atom stereocenters. The number of benzene rings is 1. The Bertz CT molecular complexity index is 755. The number of nitrogens with zero attached hydrogens (tertiary/aromatic N) is 2. The highest BCUT2D eigenvalue weighted by Crippen LogP contribution is 2.22. The van der Waals surface area contributed by atoms with E-state index in [1.807, 2.05) is 13.8 Å². The van der Waals surface area contributed by atoms with Crippen molar-refractivity contribution in [2.75, 3.05) is 14.2 Å². The van der Waals surface area contributed by atoms with Gasteiger partial charge in [-0.1, -0.05) is 26.0 Å². The lowest BCUT2D eigenvalue weighted by atomic mass is 10.0. The fourth-order valence-electron chi connectivity index (χ4n) is 2.27. The van der Waals surface area contributed by atoms with Crippen molar-refractivity contribution in [1.82, 2.24) is 0 Å². The van der Waals surface area contributed by atoms with Gasteiger partial charge in [0.05, 0.1) is 19.1 Å². The minimum atomic E-state index is -4.02. The predicted molar refractivity (Wildman–Crippen MR) is 90.8 cm³/mol. The second-order valence-electron chi connectivity index (χ2n) is 5.75. The van der Waals surface area contributed by atoms with Crippen LogP contribution < -0.4 is 0 Å². The number of hydrogen-bond acceptors (Lipinski definition) is 7. The van der Waals surface area contributed by atoms with E-state index in [1.165, 1.54) is 26.4 Å². The van der Waals surface area contributed by atoms with Crippen LogP contribution in [0.15, 0.2) is 39.1 Å². The third-order valence-electron chi connectivity index (χ3n) is 3.52. The quantitative estimate of drug-likeness (QED) is 0.773. The molecule has 0 bridgehead atoms. The smallest absolute Gasteiger partial charge is 0.299 e. The molecule has 132 valence electrons. The third-order valence-corrected chi connectivity index (χ3v) is 4.79. The van der Waals surface area contributed by atoms with Crippen LogP contribution in [-0.4, -0.2) is 46.7 Å². The van der Waals surface area contributed by atoms with E-state index >= 15 is 0 Å². The van der Waals surface area contributed by atoms with Gasteiger partial charge in [0.25, 0.3) is 10.1 Å². The lowest BCUT2D eigenvalue weighted by molar-refractivity contribution is 0.222. The summed E-state index contributed by atoms with van der Waals surface area (Å²) in [5.41, 5.74) is 0.810. The number of hydrogen-bond donors (Lipinski definition) is 0. The standard InChI is InChI=1S/C16H22N2O5S/c1-10(2)13-14(21-4)18-16(15(17-13)22-5)23-24(19,20)12-8-6-7-11(3)9-12/h6-10,13,16H,1-5H3/t13-,16+/m0/s1. The molecule has 0 amide bonds. The molecule has 1 aromatic rings. The highest BCUT2D eigenvalue weighted by molar-refractivity contribution is 7.86. The largest absolute Gasteiger partial charge is 0.483 e. The van der Waals surface area contributed by atoms with Gasteiger partial charge in [-0.25, -0.2) is 14.2 Å². The van der Waals surface area contributed by atoms with Crippen molar-refractivity contribution >= 4 is 21.9 Å². The van der Waals surface area contributed by atoms with Gasteiger partial charge < -0.3 is 9.47 Å². The number of aryl methyl sites for hydroxylation is 1. The van der Waals surface area contributed by atoms with Crippen molar-refractivity contribution in [2.45, 2.75) is 37.9 Å². The fraction of sp³-hybridized carbons (Fsp3) is 0.500. The average Bonchev–Trinajstić information content (AvgIpc) is 2.53. The van der Waals surface area contributed by atoms with Crippen LogP contribution in [-0.2, 0) is 23.8 Å². The second kappa shape index (κ2) is 7.31. The Morgan fingerprint density at radius 3 is 2.29 bits per heavy atom. The van der Waals surface area contributed by atoms with Crippen molar-refractivity contribution in [3.05, 3.63) is 29.8 Å². The SMILES string of the molecule is COC1=N[C@@H](C(C)C)C(OC)=N[C@@H]1OS(=O)(=O)c1cccc(C)c1. The molecule has 24 heavy (non-hydrogen) atoms. The van der Waals surface area contributed by atoms with Gasteiger partial charge in [0.2, 0.25) is 18.0 Å². The van der Waals surface area contributed by atoms with Crippen LogP contribution in [0.3, 0.4) is 0 Å². The van der Waals surface area contributed by atoms with Gasteiger partial charge in [-0.2, -0.15) is 8.42 Å². The Hall–Kier alpha value is -1.93. The van der Waals surface area contributed by atoms with Crippen molar-refractivity contribution in [3.63, 3.8) is 0 Å². The van der Waals surface area contributed by atoms with E-state index in [0.29, 0.717) is 5.90 Å². The lowest BCUT2D eigenvalue weighted by Crippen LogP contribution is -2.39. The van der Waals surface area contributed by atoms with Crippen LogP contribution in [0.2, 0.25) is 0 Å². The summed E-state index contributed by atoms with van der Waals surface area (Å²) in [5.74, 6) is 0.532. The zero-order valence-electron chi connectivity index (χ0n) is 14.4. The maximum Gasteiger partial charge on any atom is 0.299 e. The van der Waals surface area contributed by atoms with Gasteiger partial charge in [-0.05, 0) is 30.5 Å². The highest BCUT2D eigenvalue weighted by atomic mass is 32.2. The number of methoxy groups -OCH3 is 2. The molecular weight excluding hydrogens is 332 g/mol. The average molecular weight is 354 g/mol. The van der Waals surface area contributed by atoms with Crippen molar-refractivity contribution in [2.24, 2.45) is 15.9 Å². The summed E-state index contributed by atoms with van der Waals surface area (Å²) >= 11 is 0. The molecule has 8 heteroatoms. The minimum Gasteiger partial charge on any atom is -0.483 e. The molecule has 0 fully saturated rings. The van der Waals surface area contributed by atoms with Crippen LogP contribution in [0, 0.1) is 12.8 Å². The fourth-order valence-corrected chi connectivity index (χ4v) is 3.33. The summed E-state index contributed by atoms with van der Waals surface area (Å²) in [7, 11) is -1.15. The first-order chi connectivity index (χ1) is 11.3. The first kappa shape index (κ1) is 18.4. The molecule has 0 spiro atoms. The highest BCUT2D eigenvalue weighted by Gasteiger charge is 2.34. The molecule has 1 aliphatic heterocycles. The molecule has 2 rings (SSSR count). The van der Waals surface area contributed by atoms with Crippen LogP contribution in [0.1, 0.15) is 19.4 Å².